The molecule has 3 aromatic rings. The van der Waals surface area contributed by atoms with Crippen LogP contribution in [0.25, 0.3) is 11.0 Å². The predicted octanol–water partition coefficient (Wildman–Crippen LogP) is 2.81. The van der Waals surface area contributed by atoms with Crippen molar-refractivity contribution in [2.75, 3.05) is 12.8 Å². The van der Waals surface area contributed by atoms with Crippen LogP contribution in [0.3, 0.4) is 0 Å². The molecule has 0 fully saturated rings. The minimum Gasteiger partial charge on any atom is -0.341 e. The SMILES string of the molecule is C[C@@H](SCC(=O)N(C)Cc1cnccn1)c1nc2ccccc2[nH]1. The summed E-state index contributed by atoms with van der Waals surface area (Å²) >= 11 is 1.57. The summed E-state index contributed by atoms with van der Waals surface area (Å²) in [4.78, 5) is 30.1. The van der Waals surface area contributed by atoms with Gasteiger partial charge >= 0.3 is 0 Å². The number of H-pyrrole nitrogens is 1. The van der Waals surface area contributed by atoms with Crippen LogP contribution in [-0.2, 0) is 11.3 Å². The van der Waals surface area contributed by atoms with Crippen LogP contribution in [0.15, 0.2) is 42.9 Å². The fraction of sp³-hybridized carbons (Fsp3) is 0.294. The second-order valence-electron chi connectivity index (χ2n) is 5.54. The molecule has 0 unspecified atom stereocenters. The molecular weight excluding hydrogens is 322 g/mol. The van der Waals surface area contributed by atoms with Gasteiger partial charge in [0.15, 0.2) is 0 Å². The molecular formula is C17H19N5OS. The van der Waals surface area contributed by atoms with Crippen molar-refractivity contribution in [3.05, 3.63) is 54.4 Å². The number of aromatic nitrogens is 4. The minimum atomic E-state index is 0.0635. The first-order chi connectivity index (χ1) is 11.6. The lowest BCUT2D eigenvalue weighted by atomic mass is 10.3. The van der Waals surface area contributed by atoms with Gasteiger partial charge < -0.3 is 9.88 Å². The number of hydrogen-bond donors (Lipinski definition) is 1. The second kappa shape index (κ2) is 7.44. The summed E-state index contributed by atoms with van der Waals surface area (Å²) in [6.07, 6.45) is 4.93. The highest BCUT2D eigenvalue weighted by molar-refractivity contribution is 8.00. The molecule has 0 saturated heterocycles. The van der Waals surface area contributed by atoms with E-state index in [1.165, 1.54) is 0 Å². The van der Waals surface area contributed by atoms with Crippen molar-refractivity contribution in [3.8, 4) is 0 Å². The number of aromatic amines is 1. The molecule has 2 aromatic heterocycles. The van der Waals surface area contributed by atoms with E-state index >= 15 is 0 Å². The number of thioether (sulfide) groups is 1. The molecule has 0 bridgehead atoms. The Kier molecular flexibility index (Phi) is 5.10. The Hall–Kier alpha value is -2.41. The number of nitrogens with zero attached hydrogens (tertiary/aromatic N) is 4. The van der Waals surface area contributed by atoms with Crippen LogP contribution >= 0.6 is 11.8 Å². The smallest absolute Gasteiger partial charge is 0.232 e. The monoisotopic (exact) mass is 341 g/mol. The first-order valence-electron chi connectivity index (χ1n) is 7.68. The van der Waals surface area contributed by atoms with E-state index in [1.807, 2.05) is 24.3 Å². The molecule has 1 atom stereocenters. The average molecular weight is 341 g/mol. The van der Waals surface area contributed by atoms with Crippen LogP contribution in [0.2, 0.25) is 0 Å². The molecule has 24 heavy (non-hydrogen) atoms. The van der Waals surface area contributed by atoms with Crippen LogP contribution in [-0.4, -0.2) is 43.5 Å². The number of fused-ring (bicyclic) bond motifs is 1. The van der Waals surface area contributed by atoms with Crippen molar-refractivity contribution in [3.63, 3.8) is 0 Å². The quantitative estimate of drug-likeness (QED) is 0.746. The van der Waals surface area contributed by atoms with Crippen molar-refractivity contribution in [2.45, 2.75) is 18.7 Å². The first kappa shape index (κ1) is 16.4. The Labute approximate surface area is 144 Å². The normalized spacial score (nSPS) is 12.2. The van der Waals surface area contributed by atoms with Crippen molar-refractivity contribution in [1.82, 2.24) is 24.8 Å². The van der Waals surface area contributed by atoms with E-state index < -0.39 is 0 Å². The molecule has 0 saturated carbocycles. The lowest BCUT2D eigenvalue weighted by molar-refractivity contribution is -0.127. The van der Waals surface area contributed by atoms with Gasteiger partial charge in [-0.3, -0.25) is 14.8 Å². The summed E-state index contributed by atoms with van der Waals surface area (Å²) in [5, 5.41) is 0.117. The molecule has 7 heteroatoms. The molecule has 1 N–H and O–H groups in total. The summed E-state index contributed by atoms with van der Waals surface area (Å²) in [7, 11) is 1.78. The fourth-order valence-corrected chi connectivity index (χ4v) is 3.18. The van der Waals surface area contributed by atoms with E-state index in [1.54, 1.807) is 42.3 Å². The molecule has 6 nitrogen and oxygen atoms in total. The first-order valence-corrected chi connectivity index (χ1v) is 8.73. The third-order valence-corrected chi connectivity index (χ3v) is 4.83. The summed E-state index contributed by atoms with van der Waals surface area (Å²) in [5.41, 5.74) is 2.75. The van der Waals surface area contributed by atoms with E-state index in [2.05, 4.69) is 26.9 Å². The summed E-state index contributed by atoms with van der Waals surface area (Å²) in [5.74, 6) is 1.36. The Bertz CT molecular complexity index is 787. The predicted molar refractivity (Wildman–Crippen MR) is 95.5 cm³/mol. The zero-order valence-electron chi connectivity index (χ0n) is 13.6. The third-order valence-electron chi connectivity index (χ3n) is 3.69. The van der Waals surface area contributed by atoms with Crippen LogP contribution in [0.4, 0.5) is 0 Å². The zero-order chi connectivity index (χ0) is 16.9. The Morgan fingerprint density at radius 3 is 2.92 bits per heavy atom. The molecule has 1 amide bonds. The average Bonchev–Trinajstić information content (AvgIpc) is 3.04. The standard InChI is InChI=1S/C17H19N5OS/c1-12(17-20-14-5-3-4-6-15(14)21-17)24-11-16(23)22(2)10-13-9-18-7-8-19-13/h3-9,12H,10-11H2,1-2H3,(H,20,21)/t12-/m1/s1. The maximum absolute atomic E-state index is 12.3. The van der Waals surface area contributed by atoms with Crippen LogP contribution in [0, 0.1) is 0 Å². The van der Waals surface area contributed by atoms with Gasteiger partial charge in [-0.15, -0.1) is 11.8 Å². The summed E-state index contributed by atoms with van der Waals surface area (Å²) < 4.78 is 0. The Balaban J connectivity index is 1.55. The maximum atomic E-state index is 12.3. The number of para-hydroxylation sites is 2. The van der Waals surface area contributed by atoms with Gasteiger partial charge in [0.2, 0.25) is 5.91 Å². The third kappa shape index (κ3) is 3.91. The number of hydrogen-bond acceptors (Lipinski definition) is 5. The number of carbonyl (C=O) groups excluding carboxylic acids is 1. The maximum Gasteiger partial charge on any atom is 0.232 e. The van der Waals surface area contributed by atoms with Gasteiger partial charge in [-0.25, -0.2) is 4.98 Å². The number of rotatable bonds is 6. The molecule has 0 aliphatic carbocycles. The lowest BCUT2D eigenvalue weighted by Crippen LogP contribution is -2.28. The highest BCUT2D eigenvalue weighted by Gasteiger charge is 2.16. The lowest BCUT2D eigenvalue weighted by Gasteiger charge is -2.17. The second-order valence-corrected chi connectivity index (χ2v) is 6.87. The topological polar surface area (TPSA) is 74.8 Å². The highest BCUT2D eigenvalue weighted by Crippen LogP contribution is 2.27. The minimum absolute atomic E-state index is 0.0635. The molecule has 3 rings (SSSR count). The van der Waals surface area contributed by atoms with E-state index in [4.69, 9.17) is 0 Å². The van der Waals surface area contributed by atoms with Gasteiger partial charge in [0.1, 0.15) is 5.82 Å². The van der Waals surface area contributed by atoms with Crippen molar-refractivity contribution in [2.24, 2.45) is 0 Å². The Morgan fingerprint density at radius 1 is 1.33 bits per heavy atom. The van der Waals surface area contributed by atoms with Crippen molar-refractivity contribution in [1.29, 1.82) is 0 Å². The number of imidazole rings is 1. The highest BCUT2D eigenvalue weighted by atomic mass is 32.2. The molecule has 0 aliphatic rings. The molecule has 0 spiro atoms. The molecule has 0 radical (unpaired) electrons. The van der Waals surface area contributed by atoms with Gasteiger partial charge in [0.25, 0.3) is 0 Å². The van der Waals surface area contributed by atoms with E-state index in [-0.39, 0.29) is 11.2 Å². The van der Waals surface area contributed by atoms with Crippen molar-refractivity contribution < 1.29 is 4.79 Å². The van der Waals surface area contributed by atoms with Gasteiger partial charge in [-0.05, 0) is 19.1 Å². The number of benzene rings is 1. The van der Waals surface area contributed by atoms with Crippen LogP contribution in [0.5, 0.6) is 0 Å². The zero-order valence-corrected chi connectivity index (χ0v) is 14.5. The number of amides is 1. The van der Waals surface area contributed by atoms with Gasteiger partial charge in [0, 0.05) is 19.4 Å². The van der Waals surface area contributed by atoms with E-state index in [0.717, 1.165) is 22.6 Å². The van der Waals surface area contributed by atoms with Crippen LogP contribution in [0.1, 0.15) is 23.7 Å². The van der Waals surface area contributed by atoms with E-state index in [0.29, 0.717) is 12.3 Å². The molecule has 2 heterocycles. The number of carbonyl (C=O) groups is 1. The largest absolute Gasteiger partial charge is 0.341 e. The fourth-order valence-electron chi connectivity index (χ4n) is 2.29. The van der Waals surface area contributed by atoms with Crippen LogP contribution < -0.4 is 0 Å². The van der Waals surface area contributed by atoms with Gasteiger partial charge in [-0.2, -0.15) is 0 Å². The number of nitrogens with one attached hydrogen (secondary N) is 1. The molecule has 0 aliphatic heterocycles. The summed E-state index contributed by atoms with van der Waals surface area (Å²) in [6, 6.07) is 7.93. The van der Waals surface area contributed by atoms with Gasteiger partial charge in [-0.1, -0.05) is 12.1 Å². The molecule has 1 aromatic carbocycles. The van der Waals surface area contributed by atoms with Crippen molar-refractivity contribution >= 4 is 28.7 Å². The Morgan fingerprint density at radius 2 is 2.17 bits per heavy atom. The van der Waals surface area contributed by atoms with E-state index in [9.17, 15) is 4.79 Å². The molecule has 124 valence electrons. The van der Waals surface area contributed by atoms with Gasteiger partial charge in [0.05, 0.1) is 40.5 Å². The summed E-state index contributed by atoms with van der Waals surface area (Å²) in [6.45, 7) is 2.52.